The lowest BCUT2D eigenvalue weighted by molar-refractivity contribution is -0.385. The lowest BCUT2D eigenvalue weighted by Gasteiger charge is -2.36. The van der Waals surface area contributed by atoms with Crippen LogP contribution in [-0.4, -0.2) is 13.2 Å². The summed E-state index contributed by atoms with van der Waals surface area (Å²) in [6, 6.07) is 7.49. The molecule has 0 aliphatic carbocycles. The standard InChI is InChI=1S/C13H20NO3Si/c1-13(2,3)18(4,5)17-10-11-7-6-8-12(9-11)14(15)16/h6-7,9H,10H2,1-5H3. The molecule has 0 saturated carbocycles. The summed E-state index contributed by atoms with van der Waals surface area (Å²) in [7, 11) is -1.81. The van der Waals surface area contributed by atoms with Crippen LogP contribution < -0.4 is 0 Å². The molecule has 1 radical (unpaired) electrons. The zero-order chi connectivity index (χ0) is 14.0. The van der Waals surface area contributed by atoms with Crippen LogP contribution in [0.25, 0.3) is 0 Å². The Hall–Kier alpha value is -1.20. The van der Waals surface area contributed by atoms with E-state index in [1.165, 1.54) is 6.07 Å². The summed E-state index contributed by atoms with van der Waals surface area (Å²) in [4.78, 5) is 10.2. The van der Waals surface area contributed by atoms with Crippen molar-refractivity contribution in [1.29, 1.82) is 0 Å². The quantitative estimate of drug-likeness (QED) is 0.471. The van der Waals surface area contributed by atoms with Crippen LogP contribution >= 0.6 is 0 Å². The van der Waals surface area contributed by atoms with E-state index < -0.39 is 13.2 Å². The molecule has 0 aromatic heterocycles. The molecular weight excluding hydrogens is 246 g/mol. The number of rotatable bonds is 4. The van der Waals surface area contributed by atoms with Gasteiger partial charge < -0.3 is 4.43 Å². The fraction of sp³-hybridized carbons (Fsp3) is 0.538. The molecule has 18 heavy (non-hydrogen) atoms. The molecule has 0 aliphatic heterocycles. The number of hydrogen-bond donors (Lipinski definition) is 0. The molecule has 0 amide bonds. The molecular formula is C13H20NO3Si. The highest BCUT2D eigenvalue weighted by Gasteiger charge is 2.37. The molecule has 4 nitrogen and oxygen atoms in total. The molecule has 0 bridgehead atoms. The molecule has 99 valence electrons. The number of nitrogens with zero attached hydrogens (tertiary/aromatic N) is 1. The Labute approximate surface area is 109 Å². The summed E-state index contributed by atoms with van der Waals surface area (Å²) >= 11 is 0. The summed E-state index contributed by atoms with van der Waals surface area (Å²) in [5.41, 5.74) is 0.816. The molecule has 5 heteroatoms. The van der Waals surface area contributed by atoms with E-state index >= 15 is 0 Å². The number of nitro benzene ring substituents is 1. The normalized spacial score (nSPS) is 12.5. The van der Waals surface area contributed by atoms with Crippen LogP contribution in [0.5, 0.6) is 0 Å². The predicted octanol–water partition coefficient (Wildman–Crippen LogP) is 3.92. The summed E-state index contributed by atoms with van der Waals surface area (Å²) in [6.07, 6.45) is 0. The number of hydrogen-bond acceptors (Lipinski definition) is 3. The number of benzene rings is 1. The monoisotopic (exact) mass is 266 g/mol. The first kappa shape index (κ1) is 14.9. The van der Waals surface area contributed by atoms with Crippen LogP contribution in [-0.2, 0) is 11.0 Å². The van der Waals surface area contributed by atoms with Crippen LogP contribution in [0.3, 0.4) is 0 Å². The van der Waals surface area contributed by atoms with Gasteiger partial charge in [0.1, 0.15) is 0 Å². The molecule has 0 fully saturated rings. The summed E-state index contributed by atoms with van der Waals surface area (Å²) in [6.45, 7) is 11.3. The maximum atomic E-state index is 10.7. The largest absolute Gasteiger partial charge is 0.413 e. The van der Waals surface area contributed by atoms with Crippen LogP contribution in [0.15, 0.2) is 18.2 Å². The lowest BCUT2D eigenvalue weighted by Crippen LogP contribution is -2.40. The van der Waals surface area contributed by atoms with Crippen molar-refractivity contribution in [2.75, 3.05) is 0 Å². The van der Waals surface area contributed by atoms with Gasteiger partial charge in [0.05, 0.1) is 17.6 Å². The fourth-order valence-corrected chi connectivity index (χ4v) is 2.14. The third kappa shape index (κ3) is 3.65. The smallest absolute Gasteiger partial charge is 0.277 e. The van der Waals surface area contributed by atoms with Crippen molar-refractivity contribution in [3.63, 3.8) is 0 Å². The van der Waals surface area contributed by atoms with Crippen LogP contribution in [0.4, 0.5) is 5.69 Å². The third-order valence-electron chi connectivity index (χ3n) is 3.45. The molecule has 0 heterocycles. The first-order valence-corrected chi connectivity index (χ1v) is 8.83. The van der Waals surface area contributed by atoms with Gasteiger partial charge in [0.2, 0.25) is 0 Å². The van der Waals surface area contributed by atoms with Crippen LogP contribution in [0.1, 0.15) is 26.3 Å². The molecule has 1 aromatic rings. The average Bonchev–Trinajstić information content (AvgIpc) is 2.25. The van der Waals surface area contributed by atoms with Gasteiger partial charge in [-0.1, -0.05) is 26.8 Å². The van der Waals surface area contributed by atoms with E-state index in [2.05, 4.69) is 39.9 Å². The lowest BCUT2D eigenvalue weighted by atomic mass is 10.2. The van der Waals surface area contributed by atoms with Crippen molar-refractivity contribution in [3.8, 4) is 0 Å². The van der Waals surface area contributed by atoms with Gasteiger partial charge in [0.15, 0.2) is 8.32 Å². The van der Waals surface area contributed by atoms with Gasteiger partial charge in [-0.3, -0.25) is 10.1 Å². The first-order valence-electron chi connectivity index (χ1n) is 5.92. The van der Waals surface area contributed by atoms with Gasteiger partial charge in [-0.2, -0.15) is 0 Å². The highest BCUT2D eigenvalue weighted by atomic mass is 28.4. The van der Waals surface area contributed by atoms with Crippen molar-refractivity contribution in [2.45, 2.75) is 45.5 Å². The molecule has 0 saturated heterocycles. The zero-order valence-electron chi connectivity index (χ0n) is 11.6. The highest BCUT2D eigenvalue weighted by Crippen LogP contribution is 2.37. The molecule has 0 spiro atoms. The van der Waals surface area contributed by atoms with E-state index in [0.717, 1.165) is 5.56 Å². The Morgan fingerprint density at radius 1 is 1.44 bits per heavy atom. The molecule has 0 N–H and O–H groups in total. The van der Waals surface area contributed by atoms with Gasteiger partial charge in [-0.25, -0.2) is 0 Å². The van der Waals surface area contributed by atoms with Crippen molar-refractivity contribution >= 4 is 14.0 Å². The third-order valence-corrected chi connectivity index (χ3v) is 7.93. The maximum absolute atomic E-state index is 10.7. The van der Waals surface area contributed by atoms with E-state index in [1.54, 1.807) is 12.1 Å². The molecule has 0 aliphatic rings. The first-order chi connectivity index (χ1) is 8.13. The highest BCUT2D eigenvalue weighted by molar-refractivity contribution is 6.74. The summed E-state index contributed by atoms with van der Waals surface area (Å²) < 4.78 is 6.02. The summed E-state index contributed by atoms with van der Waals surface area (Å²) in [5.74, 6) is 0. The van der Waals surface area contributed by atoms with E-state index in [0.29, 0.717) is 6.61 Å². The van der Waals surface area contributed by atoms with Crippen molar-refractivity contribution < 1.29 is 9.35 Å². The van der Waals surface area contributed by atoms with E-state index in [-0.39, 0.29) is 10.7 Å². The van der Waals surface area contributed by atoms with Gasteiger partial charge in [-0.15, -0.1) is 0 Å². The Bertz CT molecular complexity index is 438. The van der Waals surface area contributed by atoms with E-state index in [4.69, 9.17) is 4.43 Å². The van der Waals surface area contributed by atoms with Crippen LogP contribution in [0.2, 0.25) is 18.1 Å². The molecule has 1 aromatic carbocycles. The minimum atomic E-state index is -1.81. The number of non-ortho nitro benzene ring substituents is 1. The van der Waals surface area contributed by atoms with Crippen LogP contribution in [0, 0.1) is 16.2 Å². The van der Waals surface area contributed by atoms with Gasteiger partial charge in [-0.05, 0) is 29.8 Å². The van der Waals surface area contributed by atoms with Crippen molar-refractivity contribution in [3.05, 3.63) is 39.9 Å². The second kappa shape index (κ2) is 5.20. The minimum absolute atomic E-state index is 0.00803. The maximum Gasteiger partial charge on any atom is 0.277 e. The van der Waals surface area contributed by atoms with Gasteiger partial charge >= 0.3 is 0 Å². The fourth-order valence-electron chi connectivity index (χ4n) is 1.17. The molecule has 1 rings (SSSR count). The van der Waals surface area contributed by atoms with Gasteiger partial charge in [0, 0.05) is 6.07 Å². The van der Waals surface area contributed by atoms with Crippen molar-refractivity contribution in [1.82, 2.24) is 0 Å². The zero-order valence-corrected chi connectivity index (χ0v) is 12.6. The Morgan fingerprint density at radius 2 is 2.06 bits per heavy atom. The second-order valence-corrected chi connectivity index (χ2v) is 10.7. The van der Waals surface area contributed by atoms with E-state index in [1.807, 2.05) is 0 Å². The van der Waals surface area contributed by atoms with Crippen molar-refractivity contribution in [2.24, 2.45) is 0 Å². The SMILES string of the molecule is CC(C)(C)[Si](C)(C)OCc1cc[c]c([N+](=O)[O-])c1. The Balaban J connectivity index is 2.75. The Kier molecular flexibility index (Phi) is 4.29. The topological polar surface area (TPSA) is 52.4 Å². The second-order valence-electron chi connectivity index (χ2n) is 5.89. The van der Waals surface area contributed by atoms with Gasteiger partial charge in [0.25, 0.3) is 5.69 Å². The average molecular weight is 266 g/mol. The number of nitro groups is 1. The summed E-state index contributed by atoms with van der Waals surface area (Å²) in [5, 5.41) is 10.8. The predicted molar refractivity (Wildman–Crippen MR) is 73.9 cm³/mol. The molecule has 0 atom stereocenters. The molecule has 0 unspecified atom stereocenters. The minimum Gasteiger partial charge on any atom is -0.413 e. The Morgan fingerprint density at radius 3 is 2.56 bits per heavy atom. The van der Waals surface area contributed by atoms with E-state index in [9.17, 15) is 10.1 Å².